The van der Waals surface area contributed by atoms with Gasteiger partial charge in [0.1, 0.15) is 0 Å². The number of hydrogen-bond donors (Lipinski definition) is 1. The van der Waals surface area contributed by atoms with Gasteiger partial charge in [0.2, 0.25) is 0 Å². The summed E-state index contributed by atoms with van der Waals surface area (Å²) in [5, 5.41) is 10.2. The first kappa shape index (κ1) is 8.49. The van der Waals surface area contributed by atoms with Crippen molar-refractivity contribution in [3.8, 4) is 0 Å². The monoisotopic (exact) mass is 188 g/mol. The van der Waals surface area contributed by atoms with E-state index >= 15 is 0 Å². The van der Waals surface area contributed by atoms with Crippen LogP contribution in [0.5, 0.6) is 0 Å². The average Bonchev–Trinajstić information content (AvgIpc) is 2.66. The van der Waals surface area contributed by atoms with Crippen LogP contribution >= 0.6 is 0 Å². The van der Waals surface area contributed by atoms with E-state index in [1.807, 2.05) is 6.07 Å². The van der Waals surface area contributed by atoms with E-state index in [4.69, 9.17) is 0 Å². The summed E-state index contributed by atoms with van der Waals surface area (Å²) in [5.41, 5.74) is 2.57. The van der Waals surface area contributed by atoms with Crippen molar-refractivity contribution in [2.75, 3.05) is 0 Å². The number of hydrogen-bond acceptors (Lipinski definition) is 1. The minimum atomic E-state index is -0.188. The Kier molecular flexibility index (Phi) is 1.88. The fourth-order valence-corrected chi connectivity index (χ4v) is 3.26. The molecule has 0 spiro atoms. The van der Waals surface area contributed by atoms with Crippen molar-refractivity contribution < 1.29 is 5.11 Å². The van der Waals surface area contributed by atoms with E-state index in [1.165, 1.54) is 36.8 Å². The van der Waals surface area contributed by atoms with Gasteiger partial charge >= 0.3 is 0 Å². The molecule has 0 amide bonds. The van der Waals surface area contributed by atoms with Crippen LogP contribution in [0.1, 0.15) is 36.5 Å². The number of rotatable bonds is 0. The lowest BCUT2D eigenvalue weighted by atomic mass is 9.76. The molecule has 0 heterocycles. The Morgan fingerprint density at radius 2 is 2.00 bits per heavy atom. The molecule has 1 aromatic rings. The highest BCUT2D eigenvalue weighted by atomic mass is 16.3. The molecule has 2 aliphatic rings. The van der Waals surface area contributed by atoms with Gasteiger partial charge in [0, 0.05) is 0 Å². The van der Waals surface area contributed by atoms with Crippen LogP contribution in [0.3, 0.4) is 0 Å². The largest absolute Gasteiger partial charge is 0.388 e. The average molecular weight is 188 g/mol. The van der Waals surface area contributed by atoms with Gasteiger partial charge in [0.05, 0.1) is 6.10 Å². The third-order valence-corrected chi connectivity index (χ3v) is 3.98. The van der Waals surface area contributed by atoms with Crippen LogP contribution in [0.25, 0.3) is 0 Å². The van der Waals surface area contributed by atoms with Crippen LogP contribution in [-0.4, -0.2) is 5.11 Å². The van der Waals surface area contributed by atoms with Gasteiger partial charge in [0.25, 0.3) is 0 Å². The number of fused-ring (bicyclic) bond motifs is 2. The predicted octanol–water partition coefficient (Wildman–Crippen LogP) is 2.69. The molecule has 0 aromatic heterocycles. The van der Waals surface area contributed by atoms with Gasteiger partial charge in [-0.25, -0.2) is 0 Å². The zero-order valence-electron chi connectivity index (χ0n) is 8.32. The molecule has 74 valence electrons. The normalized spacial score (nSPS) is 35.1. The lowest BCUT2D eigenvalue weighted by Crippen LogP contribution is -2.25. The zero-order valence-corrected chi connectivity index (χ0v) is 8.32. The highest BCUT2D eigenvalue weighted by Crippen LogP contribution is 2.46. The van der Waals surface area contributed by atoms with E-state index in [9.17, 15) is 5.11 Å². The smallest absolute Gasteiger partial charge is 0.0823 e. The topological polar surface area (TPSA) is 20.2 Å². The van der Waals surface area contributed by atoms with Crippen molar-refractivity contribution in [2.24, 2.45) is 11.8 Å². The first-order valence-corrected chi connectivity index (χ1v) is 5.62. The molecule has 0 saturated heterocycles. The van der Waals surface area contributed by atoms with Gasteiger partial charge in [-0.1, -0.05) is 30.7 Å². The van der Waals surface area contributed by atoms with Crippen LogP contribution in [0.4, 0.5) is 0 Å². The molecular weight excluding hydrogens is 172 g/mol. The molecule has 1 N–H and O–H groups in total. The summed E-state index contributed by atoms with van der Waals surface area (Å²) in [6, 6.07) is 8.39. The summed E-state index contributed by atoms with van der Waals surface area (Å²) < 4.78 is 0. The van der Waals surface area contributed by atoms with E-state index in [0.717, 1.165) is 5.92 Å². The van der Waals surface area contributed by atoms with Crippen LogP contribution in [0.2, 0.25) is 0 Å². The maximum atomic E-state index is 10.2. The lowest BCUT2D eigenvalue weighted by Gasteiger charge is -2.32. The van der Waals surface area contributed by atoms with Crippen molar-refractivity contribution in [1.82, 2.24) is 0 Å². The Morgan fingerprint density at radius 1 is 1.14 bits per heavy atom. The SMILES string of the molecule is OC1c2ccccc2C[C@H]2CCC[C@H]12. The maximum absolute atomic E-state index is 10.2. The van der Waals surface area contributed by atoms with Gasteiger partial charge < -0.3 is 5.11 Å². The first-order valence-electron chi connectivity index (χ1n) is 5.62. The number of aliphatic hydroxyl groups is 1. The summed E-state index contributed by atoms with van der Waals surface area (Å²) in [6.07, 6.45) is 4.85. The minimum absolute atomic E-state index is 0.188. The summed E-state index contributed by atoms with van der Waals surface area (Å²) in [5.74, 6) is 1.30. The molecule has 14 heavy (non-hydrogen) atoms. The Labute approximate surface area is 84.8 Å². The van der Waals surface area contributed by atoms with Crippen LogP contribution in [0, 0.1) is 11.8 Å². The van der Waals surface area contributed by atoms with Gasteiger partial charge in [0.15, 0.2) is 0 Å². The van der Waals surface area contributed by atoms with Crippen molar-refractivity contribution in [3.05, 3.63) is 35.4 Å². The first-order chi connectivity index (χ1) is 6.86. The van der Waals surface area contributed by atoms with E-state index in [1.54, 1.807) is 0 Å². The molecule has 1 aromatic carbocycles. The fourth-order valence-electron chi connectivity index (χ4n) is 3.26. The second-order valence-electron chi connectivity index (χ2n) is 4.70. The van der Waals surface area contributed by atoms with E-state index < -0.39 is 0 Å². The molecule has 0 bridgehead atoms. The van der Waals surface area contributed by atoms with Gasteiger partial charge in [-0.05, 0) is 42.2 Å². The molecule has 2 aliphatic carbocycles. The van der Waals surface area contributed by atoms with Gasteiger partial charge in [-0.3, -0.25) is 0 Å². The molecule has 1 heteroatoms. The van der Waals surface area contributed by atoms with Crippen molar-refractivity contribution in [3.63, 3.8) is 0 Å². The van der Waals surface area contributed by atoms with E-state index in [-0.39, 0.29) is 6.10 Å². The van der Waals surface area contributed by atoms with E-state index in [0.29, 0.717) is 5.92 Å². The van der Waals surface area contributed by atoms with Crippen molar-refractivity contribution in [1.29, 1.82) is 0 Å². The van der Waals surface area contributed by atoms with Gasteiger partial charge in [-0.15, -0.1) is 0 Å². The standard InChI is InChI=1S/C13H16O/c14-13-11-6-2-1-4-9(11)8-10-5-3-7-12(10)13/h1-2,4,6,10,12-14H,3,5,7-8H2/t10-,12+,13?/m1/s1. The van der Waals surface area contributed by atoms with Crippen molar-refractivity contribution >= 4 is 0 Å². The van der Waals surface area contributed by atoms with Crippen LogP contribution in [-0.2, 0) is 6.42 Å². The minimum Gasteiger partial charge on any atom is -0.388 e. The predicted molar refractivity (Wildman–Crippen MR) is 55.9 cm³/mol. The fraction of sp³-hybridized carbons (Fsp3) is 0.538. The molecule has 1 saturated carbocycles. The summed E-state index contributed by atoms with van der Waals surface area (Å²) >= 11 is 0. The molecule has 1 fully saturated rings. The number of aliphatic hydroxyl groups excluding tert-OH is 1. The zero-order chi connectivity index (χ0) is 9.54. The Morgan fingerprint density at radius 3 is 2.93 bits per heavy atom. The molecule has 0 radical (unpaired) electrons. The molecular formula is C13H16O. The second-order valence-corrected chi connectivity index (χ2v) is 4.70. The Hall–Kier alpha value is -0.820. The summed E-state index contributed by atoms with van der Waals surface area (Å²) in [6.45, 7) is 0. The molecule has 0 aliphatic heterocycles. The van der Waals surface area contributed by atoms with Gasteiger partial charge in [-0.2, -0.15) is 0 Å². The Balaban J connectivity index is 2.04. The second kappa shape index (κ2) is 3.09. The van der Waals surface area contributed by atoms with Crippen LogP contribution < -0.4 is 0 Å². The molecule has 1 unspecified atom stereocenters. The van der Waals surface area contributed by atoms with E-state index in [2.05, 4.69) is 18.2 Å². The maximum Gasteiger partial charge on any atom is 0.0823 e. The molecule has 3 rings (SSSR count). The summed E-state index contributed by atoms with van der Waals surface area (Å²) in [4.78, 5) is 0. The lowest BCUT2D eigenvalue weighted by molar-refractivity contribution is 0.0742. The highest BCUT2D eigenvalue weighted by Gasteiger charge is 2.38. The molecule has 1 nitrogen and oxygen atoms in total. The third kappa shape index (κ3) is 1.12. The Bertz CT molecular complexity index is 345. The number of benzene rings is 1. The quantitative estimate of drug-likeness (QED) is 0.663. The summed E-state index contributed by atoms with van der Waals surface area (Å²) in [7, 11) is 0. The van der Waals surface area contributed by atoms with Crippen molar-refractivity contribution in [2.45, 2.75) is 31.8 Å². The van der Waals surface area contributed by atoms with Crippen LogP contribution in [0.15, 0.2) is 24.3 Å². The third-order valence-electron chi connectivity index (χ3n) is 3.98. The molecule has 3 atom stereocenters. The highest BCUT2D eigenvalue weighted by molar-refractivity contribution is 5.33.